The number of carbonyl (C=O) groups is 1. The monoisotopic (exact) mass is 337 g/mol. The molecule has 0 aliphatic heterocycles. The number of esters is 1. The quantitative estimate of drug-likeness (QED) is 0.785. The summed E-state index contributed by atoms with van der Waals surface area (Å²) in [5.41, 5.74) is 0.474. The summed E-state index contributed by atoms with van der Waals surface area (Å²) in [7, 11) is 0. The first kappa shape index (κ1) is 14.1. The zero-order valence-electron chi connectivity index (χ0n) is 10.3. The Hall–Kier alpha value is -1.33. The Kier molecular flexibility index (Phi) is 4.99. The predicted molar refractivity (Wildman–Crippen MR) is 78.5 cm³/mol. The van der Waals surface area contributed by atoms with Crippen LogP contribution in [0.2, 0.25) is 0 Å². The lowest BCUT2D eigenvalue weighted by Gasteiger charge is -2.03. The van der Waals surface area contributed by atoms with Crippen LogP contribution < -0.4 is 0 Å². The maximum absolute atomic E-state index is 11.5. The highest BCUT2D eigenvalue weighted by molar-refractivity contribution is 9.10. The van der Waals surface area contributed by atoms with Crippen LogP contribution in [-0.2, 0) is 4.74 Å². The molecule has 0 aliphatic carbocycles. The third kappa shape index (κ3) is 4.08. The molecule has 0 spiro atoms. The zero-order valence-corrected chi connectivity index (χ0v) is 12.7. The third-order valence-corrected chi connectivity index (χ3v) is 3.77. The van der Waals surface area contributed by atoms with E-state index in [4.69, 9.17) is 4.74 Å². The van der Waals surface area contributed by atoms with Gasteiger partial charge in [-0.2, -0.15) is 0 Å². The summed E-state index contributed by atoms with van der Waals surface area (Å²) in [5.74, 6) is -0.338. The number of aromatic nitrogens is 1. The Labute approximate surface area is 124 Å². The lowest BCUT2D eigenvalue weighted by molar-refractivity contribution is 0.0525. The van der Waals surface area contributed by atoms with Gasteiger partial charge in [0.1, 0.15) is 5.03 Å². The van der Waals surface area contributed by atoms with Crippen LogP contribution in [0.3, 0.4) is 0 Å². The zero-order chi connectivity index (χ0) is 13.7. The molecule has 2 rings (SSSR count). The van der Waals surface area contributed by atoms with Crippen LogP contribution in [0, 0.1) is 0 Å². The van der Waals surface area contributed by atoms with Crippen LogP contribution in [-0.4, -0.2) is 17.6 Å². The van der Waals surface area contributed by atoms with Crippen molar-refractivity contribution in [3.05, 3.63) is 52.6 Å². The molecule has 0 fully saturated rings. The first-order chi connectivity index (χ1) is 9.19. The van der Waals surface area contributed by atoms with Gasteiger partial charge < -0.3 is 4.74 Å². The molecule has 0 amide bonds. The highest BCUT2D eigenvalue weighted by atomic mass is 79.9. The Morgan fingerprint density at radius 2 is 2.00 bits per heavy atom. The number of ether oxygens (including phenoxy) is 1. The Bertz CT molecular complexity index is 555. The molecule has 3 nitrogen and oxygen atoms in total. The lowest BCUT2D eigenvalue weighted by Crippen LogP contribution is -2.04. The number of nitrogens with zero attached hydrogens (tertiary/aromatic N) is 1. The van der Waals surface area contributed by atoms with Crippen molar-refractivity contribution < 1.29 is 9.53 Å². The fourth-order valence-electron chi connectivity index (χ4n) is 1.40. The first-order valence-electron chi connectivity index (χ1n) is 5.75. The summed E-state index contributed by atoms with van der Waals surface area (Å²) >= 11 is 4.94. The van der Waals surface area contributed by atoms with Crippen molar-refractivity contribution in [3.63, 3.8) is 0 Å². The molecule has 1 aromatic heterocycles. The molecule has 1 aromatic carbocycles. The van der Waals surface area contributed by atoms with Gasteiger partial charge in [-0.3, -0.25) is 0 Å². The standard InChI is InChI=1S/C14H12BrNO2S/c1-2-18-14(17)10-3-8-13(16-9-10)19-12-6-4-11(15)5-7-12/h3-9H,2H2,1H3. The molecule has 0 unspecified atom stereocenters. The molecule has 0 N–H and O–H groups in total. The molecule has 5 heteroatoms. The van der Waals surface area contributed by atoms with Crippen molar-refractivity contribution in [2.24, 2.45) is 0 Å². The molecule has 0 aliphatic rings. The first-order valence-corrected chi connectivity index (χ1v) is 7.36. The van der Waals surface area contributed by atoms with E-state index < -0.39 is 0 Å². The summed E-state index contributed by atoms with van der Waals surface area (Å²) in [6, 6.07) is 11.5. The van der Waals surface area contributed by atoms with Gasteiger partial charge in [0.25, 0.3) is 0 Å². The minimum atomic E-state index is -0.338. The molecule has 0 saturated heterocycles. The average molecular weight is 338 g/mol. The molecule has 2 aromatic rings. The lowest BCUT2D eigenvalue weighted by atomic mass is 10.3. The second kappa shape index (κ2) is 6.73. The number of pyridine rings is 1. The maximum atomic E-state index is 11.5. The summed E-state index contributed by atoms with van der Waals surface area (Å²) in [6.45, 7) is 2.15. The highest BCUT2D eigenvalue weighted by Gasteiger charge is 2.07. The third-order valence-electron chi connectivity index (χ3n) is 2.28. The summed E-state index contributed by atoms with van der Waals surface area (Å²) in [4.78, 5) is 16.8. The van der Waals surface area contributed by atoms with Gasteiger partial charge in [0.15, 0.2) is 0 Å². The van der Waals surface area contributed by atoms with Gasteiger partial charge in [0.2, 0.25) is 0 Å². The predicted octanol–water partition coefficient (Wildman–Crippen LogP) is 4.17. The number of hydrogen-bond donors (Lipinski definition) is 0. The van der Waals surface area contributed by atoms with Crippen molar-refractivity contribution in [1.29, 1.82) is 0 Å². The van der Waals surface area contributed by atoms with Crippen molar-refractivity contribution in [1.82, 2.24) is 4.98 Å². The van der Waals surface area contributed by atoms with E-state index in [1.807, 2.05) is 30.3 Å². The van der Waals surface area contributed by atoms with Gasteiger partial charge in [0.05, 0.1) is 12.2 Å². The maximum Gasteiger partial charge on any atom is 0.339 e. The van der Waals surface area contributed by atoms with E-state index in [0.29, 0.717) is 12.2 Å². The fourth-order valence-corrected chi connectivity index (χ4v) is 2.42. The van der Waals surface area contributed by atoms with Crippen LogP contribution in [0.4, 0.5) is 0 Å². The van der Waals surface area contributed by atoms with Gasteiger partial charge in [-0.25, -0.2) is 9.78 Å². The van der Waals surface area contributed by atoms with Gasteiger partial charge in [-0.1, -0.05) is 27.7 Å². The highest BCUT2D eigenvalue weighted by Crippen LogP contribution is 2.27. The van der Waals surface area contributed by atoms with E-state index in [1.54, 1.807) is 30.9 Å². The second-order valence-electron chi connectivity index (χ2n) is 3.66. The van der Waals surface area contributed by atoms with E-state index in [9.17, 15) is 4.79 Å². The smallest absolute Gasteiger partial charge is 0.339 e. The van der Waals surface area contributed by atoms with E-state index in [0.717, 1.165) is 14.4 Å². The average Bonchev–Trinajstić information content (AvgIpc) is 2.42. The van der Waals surface area contributed by atoms with Crippen LogP contribution >= 0.6 is 27.7 Å². The molecular formula is C14H12BrNO2S. The molecule has 0 saturated carbocycles. The molecule has 1 heterocycles. The normalized spacial score (nSPS) is 10.2. The minimum Gasteiger partial charge on any atom is -0.462 e. The van der Waals surface area contributed by atoms with Gasteiger partial charge >= 0.3 is 5.97 Å². The molecule has 0 radical (unpaired) electrons. The van der Waals surface area contributed by atoms with Crippen LogP contribution in [0.1, 0.15) is 17.3 Å². The van der Waals surface area contributed by atoms with Gasteiger partial charge in [-0.05, 0) is 43.3 Å². The molecule has 0 bridgehead atoms. The summed E-state index contributed by atoms with van der Waals surface area (Å²) in [5, 5.41) is 0.843. The summed E-state index contributed by atoms with van der Waals surface area (Å²) in [6.07, 6.45) is 1.54. The van der Waals surface area contributed by atoms with E-state index >= 15 is 0 Å². The Morgan fingerprint density at radius 1 is 1.26 bits per heavy atom. The number of carbonyl (C=O) groups excluding carboxylic acids is 1. The van der Waals surface area contributed by atoms with Gasteiger partial charge in [-0.15, -0.1) is 0 Å². The van der Waals surface area contributed by atoms with Crippen molar-refractivity contribution in [3.8, 4) is 0 Å². The van der Waals surface area contributed by atoms with E-state index in [2.05, 4.69) is 20.9 Å². The number of benzene rings is 1. The summed E-state index contributed by atoms with van der Waals surface area (Å²) < 4.78 is 5.95. The van der Waals surface area contributed by atoms with Crippen LogP contribution in [0.25, 0.3) is 0 Å². The molecule has 98 valence electrons. The van der Waals surface area contributed by atoms with Crippen LogP contribution in [0.15, 0.2) is 57.0 Å². The Balaban J connectivity index is 2.06. The Morgan fingerprint density at radius 3 is 2.58 bits per heavy atom. The van der Waals surface area contributed by atoms with Crippen LogP contribution in [0.5, 0.6) is 0 Å². The fraction of sp³-hybridized carbons (Fsp3) is 0.143. The molecule has 19 heavy (non-hydrogen) atoms. The molecular weight excluding hydrogens is 326 g/mol. The molecule has 0 atom stereocenters. The number of hydrogen-bond acceptors (Lipinski definition) is 4. The van der Waals surface area contributed by atoms with Crippen molar-refractivity contribution >= 4 is 33.7 Å². The van der Waals surface area contributed by atoms with Crippen molar-refractivity contribution in [2.75, 3.05) is 6.61 Å². The SMILES string of the molecule is CCOC(=O)c1ccc(Sc2ccc(Br)cc2)nc1. The topological polar surface area (TPSA) is 39.2 Å². The number of rotatable bonds is 4. The van der Waals surface area contributed by atoms with E-state index in [-0.39, 0.29) is 5.97 Å². The van der Waals surface area contributed by atoms with E-state index in [1.165, 1.54) is 0 Å². The minimum absolute atomic E-state index is 0.338. The second-order valence-corrected chi connectivity index (χ2v) is 5.67. The van der Waals surface area contributed by atoms with Crippen molar-refractivity contribution in [2.45, 2.75) is 16.8 Å². The van der Waals surface area contributed by atoms with Gasteiger partial charge in [0, 0.05) is 15.6 Å². The largest absolute Gasteiger partial charge is 0.462 e. The number of halogens is 1.